The average molecular weight is 278 g/mol. The van der Waals surface area contributed by atoms with Gasteiger partial charge in [-0.15, -0.1) is 0 Å². The van der Waals surface area contributed by atoms with E-state index < -0.39 is 5.41 Å². The van der Waals surface area contributed by atoms with Crippen LogP contribution in [-0.4, -0.2) is 10.9 Å². The molecule has 0 saturated carbocycles. The molecule has 0 spiro atoms. The van der Waals surface area contributed by atoms with E-state index in [1.165, 1.54) is 5.56 Å². The van der Waals surface area contributed by atoms with Gasteiger partial charge in [0.05, 0.1) is 10.4 Å². The number of carbonyl (C=O) groups excluding carboxylic acids is 1. The van der Waals surface area contributed by atoms with E-state index in [0.29, 0.717) is 12.8 Å². The Bertz CT molecular complexity index is 450. The van der Waals surface area contributed by atoms with Crippen LogP contribution in [0, 0.1) is 5.41 Å². The zero-order valence-electron chi connectivity index (χ0n) is 11.8. The van der Waals surface area contributed by atoms with Gasteiger partial charge in [-0.1, -0.05) is 45.1 Å². The number of benzene rings is 1. The van der Waals surface area contributed by atoms with Crippen LogP contribution in [0.5, 0.6) is 0 Å². The number of nitrogens with one attached hydrogen (secondary N) is 1. The van der Waals surface area contributed by atoms with Crippen molar-refractivity contribution in [2.45, 2.75) is 40.0 Å². The van der Waals surface area contributed by atoms with Crippen molar-refractivity contribution in [2.75, 3.05) is 5.32 Å². The molecule has 0 atom stereocenters. The number of thiocarbonyl (C=S) groups is 1. The molecule has 19 heavy (non-hydrogen) atoms. The lowest BCUT2D eigenvalue weighted by Gasteiger charge is -2.28. The molecule has 3 N–H and O–H groups in total. The molecule has 0 fully saturated rings. The number of hydrogen-bond donors (Lipinski definition) is 2. The summed E-state index contributed by atoms with van der Waals surface area (Å²) in [5.41, 5.74) is 7.03. The number of amides is 1. The Hall–Kier alpha value is -1.42. The molecule has 0 aliphatic carbocycles. The number of carbonyl (C=O) groups is 1. The summed E-state index contributed by atoms with van der Waals surface area (Å²) in [4.78, 5) is 12.7. The highest BCUT2D eigenvalue weighted by Crippen LogP contribution is 2.28. The van der Waals surface area contributed by atoms with Gasteiger partial charge < -0.3 is 11.1 Å². The smallest absolute Gasteiger partial charge is 0.237 e. The minimum absolute atomic E-state index is 0.116. The van der Waals surface area contributed by atoms with Crippen LogP contribution in [0.2, 0.25) is 0 Å². The summed E-state index contributed by atoms with van der Waals surface area (Å²) < 4.78 is 0. The van der Waals surface area contributed by atoms with E-state index in [1.54, 1.807) is 0 Å². The first-order chi connectivity index (χ1) is 9.00. The van der Waals surface area contributed by atoms with Gasteiger partial charge in [-0.2, -0.15) is 0 Å². The van der Waals surface area contributed by atoms with Gasteiger partial charge in [0.1, 0.15) is 0 Å². The molecular weight excluding hydrogens is 256 g/mol. The van der Waals surface area contributed by atoms with E-state index in [2.05, 4.69) is 12.2 Å². The van der Waals surface area contributed by atoms with Crippen LogP contribution < -0.4 is 11.1 Å². The van der Waals surface area contributed by atoms with E-state index in [1.807, 2.05) is 38.1 Å². The lowest BCUT2D eigenvalue weighted by Crippen LogP contribution is -2.45. The van der Waals surface area contributed by atoms with Crippen molar-refractivity contribution in [1.29, 1.82) is 0 Å². The maximum Gasteiger partial charge on any atom is 0.237 e. The lowest BCUT2D eigenvalue weighted by atomic mass is 9.81. The quantitative estimate of drug-likeness (QED) is 0.785. The summed E-state index contributed by atoms with van der Waals surface area (Å²) in [6.07, 6.45) is 2.20. The van der Waals surface area contributed by atoms with Crippen LogP contribution in [0.1, 0.15) is 39.2 Å². The second-order valence-electron chi connectivity index (χ2n) is 4.66. The maximum atomic E-state index is 12.4. The summed E-state index contributed by atoms with van der Waals surface area (Å²) >= 11 is 5.08. The third-order valence-corrected chi connectivity index (χ3v) is 4.12. The van der Waals surface area contributed by atoms with E-state index in [0.717, 1.165) is 12.1 Å². The van der Waals surface area contributed by atoms with Crippen LogP contribution in [0.4, 0.5) is 5.69 Å². The first-order valence-electron chi connectivity index (χ1n) is 6.70. The fraction of sp³-hybridized carbons (Fsp3) is 0.467. The van der Waals surface area contributed by atoms with Crippen LogP contribution >= 0.6 is 12.2 Å². The Morgan fingerprint density at radius 2 is 1.74 bits per heavy atom. The summed E-state index contributed by atoms with van der Waals surface area (Å²) in [5, 5.41) is 2.91. The highest BCUT2D eigenvalue weighted by molar-refractivity contribution is 7.80. The Balaban J connectivity index is 2.90. The van der Waals surface area contributed by atoms with Crippen molar-refractivity contribution in [3.8, 4) is 0 Å². The van der Waals surface area contributed by atoms with Crippen LogP contribution in [0.3, 0.4) is 0 Å². The Morgan fingerprint density at radius 3 is 2.11 bits per heavy atom. The van der Waals surface area contributed by atoms with Crippen molar-refractivity contribution < 1.29 is 4.79 Å². The fourth-order valence-electron chi connectivity index (χ4n) is 2.11. The Morgan fingerprint density at radius 1 is 1.21 bits per heavy atom. The normalized spacial score (nSPS) is 11.1. The molecule has 4 heteroatoms. The molecule has 0 aromatic heterocycles. The molecule has 0 heterocycles. The van der Waals surface area contributed by atoms with Gasteiger partial charge in [0.15, 0.2) is 0 Å². The molecule has 0 aliphatic heterocycles. The number of rotatable bonds is 6. The molecule has 1 rings (SSSR count). The number of aryl methyl sites for hydroxylation is 1. The van der Waals surface area contributed by atoms with Crippen molar-refractivity contribution >= 4 is 28.8 Å². The molecule has 0 radical (unpaired) electrons. The number of nitrogens with two attached hydrogens (primary N) is 1. The fourth-order valence-corrected chi connectivity index (χ4v) is 2.49. The van der Waals surface area contributed by atoms with Crippen molar-refractivity contribution in [2.24, 2.45) is 11.1 Å². The van der Waals surface area contributed by atoms with E-state index >= 15 is 0 Å². The van der Waals surface area contributed by atoms with Crippen LogP contribution in [0.25, 0.3) is 0 Å². The first kappa shape index (κ1) is 15.6. The largest absolute Gasteiger partial charge is 0.392 e. The molecule has 1 aromatic rings. The van der Waals surface area contributed by atoms with Crippen molar-refractivity contribution in [3.63, 3.8) is 0 Å². The molecule has 3 nitrogen and oxygen atoms in total. The summed E-state index contributed by atoms with van der Waals surface area (Å²) in [7, 11) is 0. The third kappa shape index (κ3) is 3.32. The second-order valence-corrected chi connectivity index (χ2v) is 5.10. The lowest BCUT2D eigenvalue weighted by molar-refractivity contribution is -0.122. The van der Waals surface area contributed by atoms with E-state index in [4.69, 9.17) is 18.0 Å². The molecule has 0 aliphatic rings. The summed E-state index contributed by atoms with van der Waals surface area (Å²) in [6.45, 7) is 5.96. The van der Waals surface area contributed by atoms with Crippen LogP contribution in [-0.2, 0) is 11.2 Å². The minimum atomic E-state index is -0.751. The molecular formula is C15H22N2OS. The topological polar surface area (TPSA) is 55.1 Å². The zero-order valence-corrected chi connectivity index (χ0v) is 12.6. The van der Waals surface area contributed by atoms with Crippen molar-refractivity contribution in [1.82, 2.24) is 0 Å². The highest BCUT2D eigenvalue weighted by atomic mass is 32.1. The molecule has 1 aromatic carbocycles. The molecule has 0 saturated heterocycles. The average Bonchev–Trinajstić information content (AvgIpc) is 2.41. The molecule has 0 unspecified atom stereocenters. The predicted molar refractivity (Wildman–Crippen MR) is 84.3 cm³/mol. The molecule has 1 amide bonds. The van der Waals surface area contributed by atoms with Gasteiger partial charge in [0.25, 0.3) is 0 Å². The predicted octanol–water partition coefficient (Wildman–Crippen LogP) is 3.28. The van der Waals surface area contributed by atoms with Gasteiger partial charge in [-0.05, 0) is 37.0 Å². The SMILES string of the molecule is CCc1ccc(NC(=O)C(CC)(CC)C(N)=S)cc1. The standard InChI is InChI=1S/C15H22N2OS/c1-4-11-7-9-12(10-8-11)17-14(18)15(5-2,6-3)13(16)19/h7-10H,4-6H2,1-3H3,(H2,16,19)(H,17,18). The Labute approximate surface area is 120 Å². The maximum absolute atomic E-state index is 12.4. The number of hydrogen-bond acceptors (Lipinski definition) is 2. The summed E-state index contributed by atoms with van der Waals surface area (Å²) in [5.74, 6) is -0.116. The van der Waals surface area contributed by atoms with E-state index in [-0.39, 0.29) is 10.9 Å². The Kier molecular flexibility index (Phi) is 5.48. The molecule has 104 valence electrons. The van der Waals surface area contributed by atoms with Crippen LogP contribution in [0.15, 0.2) is 24.3 Å². The second kappa shape index (κ2) is 6.66. The van der Waals surface area contributed by atoms with Crippen molar-refractivity contribution in [3.05, 3.63) is 29.8 Å². The van der Waals surface area contributed by atoms with Gasteiger partial charge in [0, 0.05) is 5.69 Å². The van der Waals surface area contributed by atoms with E-state index in [9.17, 15) is 4.79 Å². The number of anilines is 1. The first-order valence-corrected chi connectivity index (χ1v) is 7.11. The van der Waals surface area contributed by atoms with Gasteiger partial charge in [-0.3, -0.25) is 4.79 Å². The third-order valence-electron chi connectivity index (χ3n) is 3.73. The molecule has 0 bridgehead atoms. The van der Waals surface area contributed by atoms with Gasteiger partial charge in [0.2, 0.25) is 5.91 Å². The zero-order chi connectivity index (χ0) is 14.5. The monoisotopic (exact) mass is 278 g/mol. The minimum Gasteiger partial charge on any atom is -0.392 e. The van der Waals surface area contributed by atoms with Gasteiger partial charge in [-0.25, -0.2) is 0 Å². The van der Waals surface area contributed by atoms with Gasteiger partial charge >= 0.3 is 0 Å². The highest BCUT2D eigenvalue weighted by Gasteiger charge is 2.38. The summed E-state index contributed by atoms with van der Waals surface area (Å²) in [6, 6.07) is 7.84.